The molecule has 96 valence electrons. The third-order valence-corrected chi connectivity index (χ3v) is 4.53. The summed E-state index contributed by atoms with van der Waals surface area (Å²) in [5.41, 5.74) is 1.13. The average molecular weight is 286 g/mol. The third-order valence-electron chi connectivity index (χ3n) is 2.47. The molecule has 0 aliphatic rings. The molecule has 0 spiro atoms. The van der Waals surface area contributed by atoms with Gasteiger partial charge >= 0.3 is 0 Å². The Morgan fingerprint density at radius 3 is 2.89 bits per heavy atom. The van der Waals surface area contributed by atoms with Crippen molar-refractivity contribution < 1.29 is 0 Å². The summed E-state index contributed by atoms with van der Waals surface area (Å²) in [6.45, 7) is 4.49. The molecule has 0 unspecified atom stereocenters. The van der Waals surface area contributed by atoms with Crippen LogP contribution >= 0.6 is 23.1 Å². The molecule has 0 aliphatic heterocycles. The van der Waals surface area contributed by atoms with Crippen molar-refractivity contribution in [2.45, 2.75) is 11.4 Å². The minimum absolute atomic E-state index is 0.748. The molecule has 0 atom stereocenters. The molecule has 1 aromatic heterocycles. The van der Waals surface area contributed by atoms with Crippen LogP contribution in [-0.4, -0.2) is 5.75 Å². The Hall–Kier alpha value is -1.70. The predicted octanol–water partition coefficient (Wildman–Crippen LogP) is 4.51. The van der Waals surface area contributed by atoms with E-state index in [0.717, 1.165) is 22.9 Å². The molecule has 0 aliphatic carbocycles. The zero-order valence-electron chi connectivity index (χ0n) is 10.4. The number of nitriles is 1. The van der Waals surface area contributed by atoms with E-state index in [1.165, 1.54) is 21.1 Å². The van der Waals surface area contributed by atoms with Gasteiger partial charge in [0, 0.05) is 27.8 Å². The highest BCUT2D eigenvalue weighted by Crippen LogP contribution is 2.27. The Kier molecular flexibility index (Phi) is 5.08. The maximum absolute atomic E-state index is 8.80. The Balaban J connectivity index is 2.02. The lowest BCUT2D eigenvalue weighted by atomic mass is 10.3. The molecule has 0 saturated heterocycles. The summed E-state index contributed by atoms with van der Waals surface area (Å²) in [5.74, 6) is 0.899. The number of para-hydroxylation sites is 1. The summed E-state index contributed by atoms with van der Waals surface area (Å²) in [4.78, 5) is 3.14. The number of anilines is 1. The van der Waals surface area contributed by atoms with E-state index in [9.17, 15) is 0 Å². The van der Waals surface area contributed by atoms with Crippen molar-refractivity contribution in [3.63, 3.8) is 0 Å². The van der Waals surface area contributed by atoms with Gasteiger partial charge < -0.3 is 5.32 Å². The fourth-order valence-electron chi connectivity index (χ4n) is 1.60. The van der Waals surface area contributed by atoms with Gasteiger partial charge in [-0.1, -0.05) is 18.2 Å². The minimum Gasteiger partial charge on any atom is -0.379 e. The first-order valence-electron chi connectivity index (χ1n) is 5.89. The largest absolute Gasteiger partial charge is 0.379 e. The summed E-state index contributed by atoms with van der Waals surface area (Å²) >= 11 is 3.29. The van der Waals surface area contributed by atoms with E-state index in [1.54, 1.807) is 11.8 Å². The molecular weight excluding hydrogens is 272 g/mol. The van der Waals surface area contributed by atoms with Crippen LogP contribution in [0.25, 0.3) is 0 Å². The van der Waals surface area contributed by atoms with Crippen LogP contribution in [0.2, 0.25) is 0 Å². The van der Waals surface area contributed by atoms with Crippen LogP contribution in [0, 0.1) is 11.3 Å². The molecule has 1 heterocycles. The first kappa shape index (κ1) is 13.7. The molecule has 0 fully saturated rings. The van der Waals surface area contributed by atoms with Crippen LogP contribution in [0.3, 0.4) is 0 Å². The summed E-state index contributed by atoms with van der Waals surface area (Å²) in [6.07, 6.45) is 1.90. The van der Waals surface area contributed by atoms with E-state index in [1.807, 2.05) is 30.3 Å². The first-order chi connectivity index (χ1) is 9.33. The molecular formula is C15H14N2S2. The lowest BCUT2D eigenvalue weighted by Gasteiger charge is -2.10. The summed E-state index contributed by atoms with van der Waals surface area (Å²) in [5, 5.41) is 12.2. The lowest BCUT2D eigenvalue weighted by molar-refractivity contribution is 1.17. The van der Waals surface area contributed by atoms with Gasteiger partial charge in [-0.05, 0) is 24.3 Å². The van der Waals surface area contributed by atoms with Crippen LogP contribution in [-0.2, 0) is 6.54 Å². The highest BCUT2D eigenvalue weighted by molar-refractivity contribution is 7.99. The molecule has 0 saturated carbocycles. The minimum atomic E-state index is 0.748. The Bertz CT molecular complexity index is 596. The molecule has 4 heteroatoms. The smallest absolute Gasteiger partial charge is 0.110 e. The van der Waals surface area contributed by atoms with Crippen molar-refractivity contribution >= 4 is 28.8 Å². The number of thioether (sulfide) groups is 1. The molecule has 1 N–H and O–H groups in total. The molecule has 0 radical (unpaired) electrons. The maximum Gasteiger partial charge on any atom is 0.110 e. The molecule has 0 amide bonds. The Morgan fingerprint density at radius 2 is 2.16 bits per heavy atom. The van der Waals surface area contributed by atoms with Crippen LogP contribution in [0.1, 0.15) is 9.75 Å². The van der Waals surface area contributed by atoms with E-state index < -0.39 is 0 Å². The molecule has 1 aromatic carbocycles. The average Bonchev–Trinajstić information content (AvgIpc) is 2.91. The fourth-order valence-corrected chi connectivity index (χ4v) is 3.12. The molecule has 2 nitrogen and oxygen atoms in total. The number of thiophene rings is 1. The van der Waals surface area contributed by atoms with Crippen molar-refractivity contribution in [2.24, 2.45) is 0 Å². The zero-order valence-corrected chi connectivity index (χ0v) is 12.1. The van der Waals surface area contributed by atoms with Crippen LogP contribution < -0.4 is 5.32 Å². The lowest BCUT2D eigenvalue weighted by Crippen LogP contribution is -1.98. The standard InChI is InChI=1S/C15H14N2S2/c1-2-9-18-15-6-4-3-5-14(15)17-11-13-8-7-12(10-16)19-13/h2-8,17H,1,9,11H2. The summed E-state index contributed by atoms with van der Waals surface area (Å²) < 4.78 is 0. The molecule has 2 rings (SSSR count). The van der Waals surface area contributed by atoms with Crippen LogP contribution in [0.15, 0.2) is 53.9 Å². The second-order valence-electron chi connectivity index (χ2n) is 3.83. The molecule has 2 aromatic rings. The number of nitrogens with zero attached hydrogens (tertiary/aromatic N) is 1. The SMILES string of the molecule is C=CCSc1ccccc1NCc1ccc(C#N)s1. The van der Waals surface area contributed by atoms with Gasteiger partial charge in [0.2, 0.25) is 0 Å². The van der Waals surface area contributed by atoms with Crippen LogP contribution in [0.5, 0.6) is 0 Å². The maximum atomic E-state index is 8.80. The van der Waals surface area contributed by atoms with Gasteiger partial charge in [0.05, 0.1) is 0 Å². The quantitative estimate of drug-likeness (QED) is 0.627. The van der Waals surface area contributed by atoms with Gasteiger partial charge in [-0.2, -0.15) is 5.26 Å². The van der Waals surface area contributed by atoms with Gasteiger partial charge in [-0.3, -0.25) is 0 Å². The predicted molar refractivity (Wildman–Crippen MR) is 83.7 cm³/mol. The van der Waals surface area contributed by atoms with E-state index in [2.05, 4.69) is 30.1 Å². The number of benzene rings is 1. The second kappa shape index (κ2) is 7.03. The van der Waals surface area contributed by atoms with Crippen molar-refractivity contribution in [2.75, 3.05) is 11.1 Å². The summed E-state index contributed by atoms with van der Waals surface area (Å²) in [7, 11) is 0. The fraction of sp³-hybridized carbons (Fsp3) is 0.133. The second-order valence-corrected chi connectivity index (χ2v) is 6.06. The van der Waals surface area contributed by atoms with Crippen LogP contribution in [0.4, 0.5) is 5.69 Å². The van der Waals surface area contributed by atoms with Crippen molar-refractivity contribution in [3.8, 4) is 6.07 Å². The van der Waals surface area contributed by atoms with Gasteiger partial charge in [0.15, 0.2) is 0 Å². The highest BCUT2D eigenvalue weighted by Gasteiger charge is 2.03. The normalized spacial score (nSPS) is 9.84. The van der Waals surface area contributed by atoms with E-state index in [0.29, 0.717) is 0 Å². The van der Waals surface area contributed by atoms with E-state index >= 15 is 0 Å². The highest BCUT2D eigenvalue weighted by atomic mass is 32.2. The topological polar surface area (TPSA) is 35.8 Å². The van der Waals surface area contributed by atoms with Gasteiger partial charge in [-0.15, -0.1) is 29.7 Å². The van der Waals surface area contributed by atoms with Crippen molar-refractivity contribution in [3.05, 3.63) is 58.8 Å². The number of hydrogen-bond donors (Lipinski definition) is 1. The van der Waals surface area contributed by atoms with Crippen molar-refractivity contribution in [1.82, 2.24) is 0 Å². The monoisotopic (exact) mass is 286 g/mol. The molecule has 0 bridgehead atoms. The van der Waals surface area contributed by atoms with E-state index in [4.69, 9.17) is 5.26 Å². The number of nitrogens with one attached hydrogen (secondary N) is 1. The number of hydrogen-bond acceptors (Lipinski definition) is 4. The van der Waals surface area contributed by atoms with Gasteiger partial charge in [-0.25, -0.2) is 0 Å². The zero-order chi connectivity index (χ0) is 13.5. The third kappa shape index (κ3) is 3.88. The van der Waals surface area contributed by atoms with Gasteiger partial charge in [0.25, 0.3) is 0 Å². The molecule has 19 heavy (non-hydrogen) atoms. The van der Waals surface area contributed by atoms with Crippen molar-refractivity contribution in [1.29, 1.82) is 5.26 Å². The number of rotatable bonds is 6. The van der Waals surface area contributed by atoms with E-state index in [-0.39, 0.29) is 0 Å². The van der Waals surface area contributed by atoms with Gasteiger partial charge in [0.1, 0.15) is 10.9 Å². The first-order valence-corrected chi connectivity index (χ1v) is 7.69. The Morgan fingerprint density at radius 1 is 1.32 bits per heavy atom. The summed E-state index contributed by atoms with van der Waals surface area (Å²) in [6, 6.07) is 14.3. The Labute approximate surface area is 121 Å².